The van der Waals surface area contributed by atoms with E-state index in [-0.39, 0.29) is 10.1 Å². The van der Waals surface area contributed by atoms with E-state index in [1.165, 1.54) is 24.5 Å². The molecule has 0 unspecified atom stereocenters. The normalized spacial score (nSPS) is 12.3. The average molecular weight is 312 g/mol. The van der Waals surface area contributed by atoms with Crippen molar-refractivity contribution in [3.05, 3.63) is 36.7 Å². The summed E-state index contributed by atoms with van der Waals surface area (Å²) in [7, 11) is -6.67. The van der Waals surface area contributed by atoms with Gasteiger partial charge in [0, 0.05) is 36.0 Å². The molecule has 0 N–H and O–H groups in total. The topological polar surface area (TPSA) is 94.1 Å². The van der Waals surface area contributed by atoms with Crippen molar-refractivity contribution in [2.24, 2.45) is 0 Å². The van der Waals surface area contributed by atoms with E-state index in [0.717, 1.165) is 12.5 Å². The number of nitrogens with zero attached hydrogens (tertiary/aromatic N) is 2. The molecule has 106 valence electrons. The summed E-state index contributed by atoms with van der Waals surface area (Å²) in [6.45, 7) is 0. The lowest BCUT2D eigenvalue weighted by Gasteiger charge is -2.03. The third-order valence-electron chi connectivity index (χ3n) is 2.57. The predicted molar refractivity (Wildman–Crippen MR) is 73.7 cm³/mol. The fourth-order valence-electron chi connectivity index (χ4n) is 1.54. The number of hydrogen-bond acceptors (Lipinski definition) is 6. The maximum Gasteiger partial charge on any atom is 0.192 e. The summed E-state index contributed by atoms with van der Waals surface area (Å²) in [5.41, 5.74) is 1.31. The Kier molecular flexibility index (Phi) is 3.61. The van der Waals surface area contributed by atoms with Crippen LogP contribution in [0, 0.1) is 0 Å². The van der Waals surface area contributed by atoms with Gasteiger partial charge in [-0.1, -0.05) is 0 Å². The van der Waals surface area contributed by atoms with Crippen LogP contribution in [0.1, 0.15) is 0 Å². The zero-order chi connectivity index (χ0) is 15.0. The van der Waals surface area contributed by atoms with Crippen molar-refractivity contribution in [1.29, 1.82) is 0 Å². The fraction of sp³-hybridized carbons (Fsp3) is 0.167. The van der Waals surface area contributed by atoms with Gasteiger partial charge in [-0.2, -0.15) is 0 Å². The minimum atomic E-state index is -3.33. The first-order chi connectivity index (χ1) is 9.18. The van der Waals surface area contributed by atoms with Gasteiger partial charge in [0.25, 0.3) is 0 Å². The molecule has 2 aromatic heterocycles. The van der Waals surface area contributed by atoms with E-state index in [1.807, 2.05) is 0 Å². The molecule has 2 rings (SSSR count). The second kappa shape index (κ2) is 4.95. The Balaban J connectivity index is 2.38. The van der Waals surface area contributed by atoms with Gasteiger partial charge < -0.3 is 0 Å². The van der Waals surface area contributed by atoms with E-state index in [4.69, 9.17) is 0 Å². The molecule has 0 saturated heterocycles. The van der Waals surface area contributed by atoms with Crippen molar-refractivity contribution in [1.82, 2.24) is 9.97 Å². The summed E-state index contributed by atoms with van der Waals surface area (Å²) < 4.78 is 45.2. The molecule has 0 aliphatic heterocycles. The third kappa shape index (κ3) is 3.20. The van der Waals surface area contributed by atoms with E-state index in [1.54, 1.807) is 12.1 Å². The molecular formula is C12H12N2O4S2. The zero-order valence-corrected chi connectivity index (χ0v) is 12.4. The number of hydrogen-bond donors (Lipinski definition) is 0. The van der Waals surface area contributed by atoms with Crippen molar-refractivity contribution in [3.8, 4) is 11.1 Å². The summed E-state index contributed by atoms with van der Waals surface area (Å²) in [6.07, 6.45) is 4.98. The van der Waals surface area contributed by atoms with Crippen LogP contribution >= 0.6 is 0 Å². The van der Waals surface area contributed by atoms with Gasteiger partial charge in [-0.15, -0.1) is 0 Å². The van der Waals surface area contributed by atoms with Crippen LogP contribution in [-0.2, 0) is 19.7 Å². The molecule has 0 fully saturated rings. The first-order valence-electron chi connectivity index (χ1n) is 5.50. The summed E-state index contributed by atoms with van der Waals surface area (Å²) in [6, 6.07) is 5.99. The monoisotopic (exact) mass is 312 g/mol. The second-order valence-corrected chi connectivity index (χ2v) is 8.24. The van der Waals surface area contributed by atoms with E-state index in [2.05, 4.69) is 9.97 Å². The molecule has 0 aromatic carbocycles. The standard InChI is InChI=1S/C12H12N2O4S2/c1-19(15,16)11-5-3-9(7-13-11)10-4-6-12(14-8-10)20(2,17)18/h3-8H,1-2H3. The number of rotatable bonds is 3. The van der Waals surface area contributed by atoms with Gasteiger partial charge in [0.05, 0.1) is 0 Å². The predicted octanol–water partition coefficient (Wildman–Crippen LogP) is 0.951. The molecule has 0 aliphatic rings. The lowest BCUT2D eigenvalue weighted by molar-refractivity contribution is 0.596. The smallest absolute Gasteiger partial charge is 0.192 e. The lowest BCUT2D eigenvalue weighted by Crippen LogP contribution is -2.01. The van der Waals surface area contributed by atoms with Gasteiger partial charge in [0.2, 0.25) is 0 Å². The SMILES string of the molecule is CS(=O)(=O)c1ccc(-c2ccc(S(C)(=O)=O)nc2)cn1. The molecular weight excluding hydrogens is 300 g/mol. The highest BCUT2D eigenvalue weighted by Gasteiger charge is 2.11. The molecule has 0 aliphatic carbocycles. The van der Waals surface area contributed by atoms with E-state index < -0.39 is 19.7 Å². The van der Waals surface area contributed by atoms with Crippen molar-refractivity contribution in [3.63, 3.8) is 0 Å². The van der Waals surface area contributed by atoms with Gasteiger partial charge in [-0.3, -0.25) is 0 Å². The minimum absolute atomic E-state index is 0.0121. The van der Waals surface area contributed by atoms with Crippen molar-refractivity contribution < 1.29 is 16.8 Å². The molecule has 2 heterocycles. The first kappa shape index (κ1) is 14.6. The Labute approximate surface area is 117 Å². The third-order valence-corrected chi connectivity index (χ3v) is 4.57. The Morgan fingerprint density at radius 1 is 0.700 bits per heavy atom. The summed E-state index contributed by atoms with van der Waals surface area (Å²) in [5, 5.41) is -0.0241. The van der Waals surface area contributed by atoms with Crippen LogP contribution in [0.15, 0.2) is 46.7 Å². The van der Waals surface area contributed by atoms with Crippen molar-refractivity contribution in [2.75, 3.05) is 12.5 Å². The largest absolute Gasteiger partial charge is 0.244 e. The van der Waals surface area contributed by atoms with Crippen molar-refractivity contribution >= 4 is 19.7 Å². The van der Waals surface area contributed by atoms with E-state index in [0.29, 0.717) is 11.1 Å². The van der Waals surface area contributed by atoms with Gasteiger partial charge in [-0.25, -0.2) is 26.8 Å². The van der Waals surface area contributed by atoms with Gasteiger partial charge in [0.15, 0.2) is 29.7 Å². The number of aromatic nitrogens is 2. The van der Waals surface area contributed by atoms with Gasteiger partial charge >= 0.3 is 0 Å². The second-order valence-electron chi connectivity index (χ2n) is 4.31. The molecule has 20 heavy (non-hydrogen) atoms. The highest BCUT2D eigenvalue weighted by atomic mass is 32.2. The summed E-state index contributed by atoms with van der Waals surface area (Å²) >= 11 is 0. The van der Waals surface area contributed by atoms with Crippen LogP contribution < -0.4 is 0 Å². The lowest BCUT2D eigenvalue weighted by atomic mass is 10.1. The summed E-state index contributed by atoms with van der Waals surface area (Å²) in [4.78, 5) is 7.73. The van der Waals surface area contributed by atoms with Crippen LogP contribution in [0.5, 0.6) is 0 Å². The molecule has 6 nitrogen and oxygen atoms in total. The molecule has 2 aromatic rings. The molecule has 0 bridgehead atoms. The van der Waals surface area contributed by atoms with Crippen LogP contribution in [0.25, 0.3) is 11.1 Å². The summed E-state index contributed by atoms with van der Waals surface area (Å²) in [5.74, 6) is 0. The maximum absolute atomic E-state index is 11.3. The van der Waals surface area contributed by atoms with Gasteiger partial charge in [0.1, 0.15) is 0 Å². The Morgan fingerprint density at radius 3 is 1.25 bits per heavy atom. The van der Waals surface area contributed by atoms with E-state index in [9.17, 15) is 16.8 Å². The van der Waals surface area contributed by atoms with Crippen LogP contribution in [0.4, 0.5) is 0 Å². The van der Waals surface area contributed by atoms with Crippen LogP contribution in [-0.4, -0.2) is 39.3 Å². The highest BCUT2D eigenvalue weighted by Crippen LogP contribution is 2.19. The number of sulfone groups is 2. The maximum atomic E-state index is 11.3. The molecule has 0 spiro atoms. The van der Waals surface area contributed by atoms with Gasteiger partial charge in [-0.05, 0) is 24.3 Å². The Hall–Kier alpha value is -1.80. The van der Waals surface area contributed by atoms with Crippen LogP contribution in [0.2, 0.25) is 0 Å². The highest BCUT2D eigenvalue weighted by molar-refractivity contribution is 7.90. The molecule has 8 heteroatoms. The van der Waals surface area contributed by atoms with Crippen molar-refractivity contribution in [2.45, 2.75) is 10.1 Å². The molecule has 0 radical (unpaired) electrons. The Morgan fingerprint density at radius 2 is 1.05 bits per heavy atom. The van der Waals surface area contributed by atoms with Crippen LogP contribution in [0.3, 0.4) is 0 Å². The zero-order valence-electron chi connectivity index (χ0n) is 10.8. The fourth-order valence-corrected chi connectivity index (χ4v) is 2.66. The molecule has 0 amide bonds. The number of pyridine rings is 2. The minimum Gasteiger partial charge on any atom is -0.244 e. The first-order valence-corrected chi connectivity index (χ1v) is 9.29. The van der Waals surface area contributed by atoms with E-state index >= 15 is 0 Å². The molecule has 0 atom stereocenters. The Bertz CT molecular complexity index is 751. The molecule has 0 saturated carbocycles. The quantitative estimate of drug-likeness (QED) is 0.837. The average Bonchev–Trinajstić information content (AvgIpc) is 2.37.